The molecule has 1 aliphatic rings. The van der Waals surface area contributed by atoms with Crippen LogP contribution in [0.5, 0.6) is 0 Å². The van der Waals surface area contributed by atoms with E-state index in [1.807, 2.05) is 17.0 Å². The highest BCUT2D eigenvalue weighted by Gasteiger charge is 2.29. The van der Waals surface area contributed by atoms with E-state index in [1.54, 1.807) is 24.3 Å². The largest absolute Gasteiger partial charge is 0.464 e. The van der Waals surface area contributed by atoms with Gasteiger partial charge in [0.25, 0.3) is 5.91 Å². The van der Waals surface area contributed by atoms with Crippen molar-refractivity contribution in [2.75, 3.05) is 11.9 Å². The zero-order valence-corrected chi connectivity index (χ0v) is 15.5. The fourth-order valence-electron chi connectivity index (χ4n) is 3.48. The van der Waals surface area contributed by atoms with Gasteiger partial charge in [0, 0.05) is 31.1 Å². The van der Waals surface area contributed by atoms with Gasteiger partial charge in [0.05, 0.1) is 6.04 Å². The molecule has 5 nitrogen and oxygen atoms in total. The van der Waals surface area contributed by atoms with Gasteiger partial charge in [-0.15, -0.1) is 0 Å². The Balaban J connectivity index is 1.82. The lowest BCUT2D eigenvalue weighted by Crippen LogP contribution is -2.34. The van der Waals surface area contributed by atoms with Gasteiger partial charge in [-0.1, -0.05) is 19.8 Å². The first-order valence-electron chi connectivity index (χ1n) is 9.35. The molecule has 1 fully saturated rings. The minimum Gasteiger partial charge on any atom is -0.464 e. The predicted molar refractivity (Wildman–Crippen MR) is 101 cm³/mol. The summed E-state index contributed by atoms with van der Waals surface area (Å²) in [4.78, 5) is 26.2. The summed E-state index contributed by atoms with van der Waals surface area (Å²) in [6.45, 7) is 4.27. The van der Waals surface area contributed by atoms with Crippen molar-refractivity contribution in [3.05, 3.63) is 53.5 Å². The Morgan fingerprint density at radius 2 is 1.88 bits per heavy atom. The number of benzene rings is 1. The smallest absolute Gasteiger partial charge is 0.254 e. The lowest BCUT2D eigenvalue weighted by Gasteiger charge is -2.29. The van der Waals surface area contributed by atoms with Crippen LogP contribution in [0.2, 0.25) is 0 Å². The van der Waals surface area contributed by atoms with E-state index in [4.69, 9.17) is 4.42 Å². The molecule has 0 radical (unpaired) electrons. The van der Waals surface area contributed by atoms with Crippen LogP contribution >= 0.6 is 0 Å². The van der Waals surface area contributed by atoms with E-state index in [9.17, 15) is 9.59 Å². The number of nitrogens with zero attached hydrogens (tertiary/aromatic N) is 1. The van der Waals surface area contributed by atoms with Gasteiger partial charge < -0.3 is 14.6 Å². The fraction of sp³-hybridized carbons (Fsp3) is 0.429. The Labute approximate surface area is 154 Å². The maximum Gasteiger partial charge on any atom is 0.254 e. The average Bonchev–Trinajstić information content (AvgIpc) is 2.98. The summed E-state index contributed by atoms with van der Waals surface area (Å²) in [6.07, 6.45) is 5.01. The second-order valence-electron chi connectivity index (χ2n) is 6.78. The Bertz CT molecular complexity index is 764. The van der Waals surface area contributed by atoms with Crippen molar-refractivity contribution in [1.29, 1.82) is 0 Å². The monoisotopic (exact) mass is 354 g/mol. The molecule has 1 N–H and O–H groups in total. The quantitative estimate of drug-likeness (QED) is 0.875. The Kier molecular flexibility index (Phi) is 5.76. The number of nitrogens with one attached hydrogen (secondary N) is 1. The van der Waals surface area contributed by atoms with Crippen LogP contribution in [0.1, 0.15) is 67.5 Å². The second kappa shape index (κ2) is 8.21. The standard InChI is InChI=1S/C21H26N2O3/c1-3-18-12-13-20(26-18)19-7-5-4-6-14-23(19)21(25)16-8-10-17(11-9-16)22-15(2)24/h8-13,19H,3-7,14H2,1-2H3,(H,22,24). The first kappa shape index (κ1) is 18.2. The minimum atomic E-state index is -0.124. The van der Waals surface area contributed by atoms with Gasteiger partial charge in [0.15, 0.2) is 0 Å². The maximum atomic E-state index is 13.1. The second-order valence-corrected chi connectivity index (χ2v) is 6.78. The number of anilines is 1. The predicted octanol–water partition coefficient (Wildman–Crippen LogP) is 4.56. The molecule has 1 aromatic heterocycles. The highest BCUT2D eigenvalue weighted by Crippen LogP contribution is 2.32. The van der Waals surface area contributed by atoms with Crippen LogP contribution in [0.25, 0.3) is 0 Å². The summed E-state index contributed by atoms with van der Waals surface area (Å²) in [6, 6.07) is 11.1. The number of hydrogen-bond acceptors (Lipinski definition) is 3. The molecular weight excluding hydrogens is 328 g/mol. The molecule has 0 spiro atoms. The highest BCUT2D eigenvalue weighted by atomic mass is 16.3. The summed E-state index contributed by atoms with van der Waals surface area (Å²) < 4.78 is 5.97. The van der Waals surface area contributed by atoms with E-state index in [-0.39, 0.29) is 17.9 Å². The molecule has 1 aliphatic heterocycles. The number of furan rings is 1. The average molecular weight is 354 g/mol. The summed E-state index contributed by atoms with van der Waals surface area (Å²) in [5, 5.41) is 2.73. The van der Waals surface area contributed by atoms with Crippen LogP contribution in [0.3, 0.4) is 0 Å². The summed E-state index contributed by atoms with van der Waals surface area (Å²) in [7, 11) is 0. The van der Waals surface area contributed by atoms with Crippen LogP contribution in [-0.4, -0.2) is 23.3 Å². The molecule has 2 amide bonds. The van der Waals surface area contributed by atoms with Gasteiger partial charge in [-0.05, 0) is 49.2 Å². The molecule has 1 aromatic carbocycles. The lowest BCUT2D eigenvalue weighted by atomic mass is 10.1. The lowest BCUT2D eigenvalue weighted by molar-refractivity contribution is -0.114. The number of hydrogen-bond donors (Lipinski definition) is 1. The van der Waals surface area contributed by atoms with E-state index >= 15 is 0 Å². The van der Waals surface area contributed by atoms with Crippen LogP contribution in [-0.2, 0) is 11.2 Å². The third kappa shape index (κ3) is 4.15. The molecule has 26 heavy (non-hydrogen) atoms. The van der Waals surface area contributed by atoms with E-state index in [0.717, 1.165) is 50.2 Å². The Hall–Kier alpha value is -2.56. The summed E-state index contributed by atoms with van der Waals surface area (Å²) in [5.41, 5.74) is 1.33. The van der Waals surface area contributed by atoms with Crippen molar-refractivity contribution in [2.24, 2.45) is 0 Å². The minimum absolute atomic E-state index is 0.0136. The van der Waals surface area contributed by atoms with Crippen molar-refractivity contribution < 1.29 is 14.0 Å². The number of aryl methyl sites for hydroxylation is 1. The molecule has 2 aromatic rings. The molecule has 5 heteroatoms. The molecule has 3 rings (SSSR count). The zero-order chi connectivity index (χ0) is 18.5. The van der Waals surface area contributed by atoms with E-state index in [1.165, 1.54) is 6.92 Å². The fourth-order valence-corrected chi connectivity index (χ4v) is 3.48. The van der Waals surface area contributed by atoms with Gasteiger partial charge in [0.1, 0.15) is 11.5 Å². The molecule has 1 unspecified atom stereocenters. The zero-order valence-electron chi connectivity index (χ0n) is 15.5. The van der Waals surface area contributed by atoms with Crippen LogP contribution in [0.4, 0.5) is 5.69 Å². The van der Waals surface area contributed by atoms with Gasteiger partial charge in [0.2, 0.25) is 5.91 Å². The number of carbonyl (C=O) groups excluding carboxylic acids is 2. The van der Waals surface area contributed by atoms with Crippen molar-refractivity contribution in [2.45, 2.75) is 52.0 Å². The van der Waals surface area contributed by atoms with Crippen molar-refractivity contribution in [3.8, 4) is 0 Å². The SMILES string of the molecule is CCc1ccc(C2CCCCCN2C(=O)c2ccc(NC(C)=O)cc2)o1. The normalized spacial score (nSPS) is 17.6. The molecular formula is C21H26N2O3. The molecule has 1 atom stereocenters. The third-order valence-electron chi connectivity index (χ3n) is 4.83. The number of likely N-dealkylation sites (tertiary alicyclic amines) is 1. The van der Waals surface area contributed by atoms with Gasteiger partial charge in [-0.2, -0.15) is 0 Å². The Morgan fingerprint density at radius 3 is 2.54 bits per heavy atom. The van der Waals surface area contributed by atoms with Gasteiger partial charge in [-0.3, -0.25) is 9.59 Å². The van der Waals surface area contributed by atoms with E-state index < -0.39 is 0 Å². The van der Waals surface area contributed by atoms with Crippen LogP contribution in [0.15, 0.2) is 40.8 Å². The van der Waals surface area contributed by atoms with E-state index in [2.05, 4.69) is 12.2 Å². The van der Waals surface area contributed by atoms with E-state index in [0.29, 0.717) is 11.3 Å². The number of rotatable bonds is 4. The highest BCUT2D eigenvalue weighted by molar-refractivity contribution is 5.95. The van der Waals surface area contributed by atoms with Crippen LogP contribution < -0.4 is 5.32 Å². The molecule has 0 saturated carbocycles. The maximum absolute atomic E-state index is 13.1. The van der Waals surface area contributed by atoms with Crippen molar-refractivity contribution >= 4 is 17.5 Å². The first-order valence-corrected chi connectivity index (χ1v) is 9.35. The first-order chi connectivity index (χ1) is 12.6. The van der Waals surface area contributed by atoms with Gasteiger partial charge in [-0.25, -0.2) is 0 Å². The molecule has 2 heterocycles. The van der Waals surface area contributed by atoms with Crippen LogP contribution in [0, 0.1) is 0 Å². The molecule has 0 aliphatic carbocycles. The number of carbonyl (C=O) groups is 2. The molecule has 138 valence electrons. The van der Waals surface area contributed by atoms with Gasteiger partial charge >= 0.3 is 0 Å². The van der Waals surface area contributed by atoms with Crippen molar-refractivity contribution in [1.82, 2.24) is 4.90 Å². The molecule has 0 bridgehead atoms. The topological polar surface area (TPSA) is 62.6 Å². The molecule has 1 saturated heterocycles. The van der Waals surface area contributed by atoms with Crippen molar-refractivity contribution in [3.63, 3.8) is 0 Å². The third-order valence-corrected chi connectivity index (χ3v) is 4.83. The Morgan fingerprint density at radius 1 is 1.12 bits per heavy atom. The summed E-state index contributed by atoms with van der Waals surface area (Å²) >= 11 is 0. The number of amides is 2. The summed E-state index contributed by atoms with van der Waals surface area (Å²) in [5.74, 6) is 1.73.